The first-order chi connectivity index (χ1) is 10.8. The number of nitrogens with zero attached hydrogens (tertiary/aromatic N) is 1. The van der Waals surface area contributed by atoms with Gasteiger partial charge in [-0.3, -0.25) is 4.99 Å². The molecule has 2 nitrogen and oxygen atoms in total. The number of hydrogen-bond donors (Lipinski definition) is 1. The van der Waals surface area contributed by atoms with E-state index in [9.17, 15) is 0 Å². The van der Waals surface area contributed by atoms with E-state index in [4.69, 9.17) is 0 Å². The lowest BCUT2D eigenvalue weighted by molar-refractivity contribution is 0.717. The van der Waals surface area contributed by atoms with E-state index in [-0.39, 0.29) is 0 Å². The number of rotatable bonds is 4. The SMILES string of the molecule is CCCCCc1ccc(C#Cc2cc3c([nH]2)=NCCC=3)cc1. The number of aromatic nitrogens is 1. The molecule has 0 saturated carbocycles. The van der Waals surface area contributed by atoms with Crippen LogP contribution in [0.1, 0.15) is 49.4 Å². The van der Waals surface area contributed by atoms with Crippen LogP contribution in [0.15, 0.2) is 35.3 Å². The molecule has 0 radical (unpaired) electrons. The molecular formula is C20H22N2. The van der Waals surface area contributed by atoms with Crippen LogP contribution >= 0.6 is 0 Å². The molecule has 1 aromatic heterocycles. The lowest BCUT2D eigenvalue weighted by Crippen LogP contribution is -2.25. The minimum Gasteiger partial charge on any atom is -0.333 e. The first kappa shape index (κ1) is 14.7. The molecule has 0 bridgehead atoms. The van der Waals surface area contributed by atoms with Gasteiger partial charge in [0.2, 0.25) is 0 Å². The molecule has 0 aliphatic carbocycles. The van der Waals surface area contributed by atoms with Crippen molar-refractivity contribution in [2.75, 3.05) is 6.54 Å². The second kappa shape index (κ2) is 7.13. The Kier molecular flexibility index (Phi) is 4.75. The third-order valence-corrected chi connectivity index (χ3v) is 3.95. The molecule has 22 heavy (non-hydrogen) atoms. The monoisotopic (exact) mass is 290 g/mol. The summed E-state index contributed by atoms with van der Waals surface area (Å²) in [5.41, 5.74) is 4.39. The largest absolute Gasteiger partial charge is 0.333 e. The maximum Gasteiger partial charge on any atom is 0.132 e. The zero-order valence-corrected chi connectivity index (χ0v) is 13.2. The Hall–Kier alpha value is -2.27. The van der Waals surface area contributed by atoms with Gasteiger partial charge in [0.25, 0.3) is 0 Å². The highest BCUT2D eigenvalue weighted by atomic mass is 14.9. The van der Waals surface area contributed by atoms with Crippen LogP contribution in [0.5, 0.6) is 0 Å². The quantitative estimate of drug-likeness (QED) is 0.662. The van der Waals surface area contributed by atoms with E-state index in [1.165, 1.54) is 36.5 Å². The Balaban J connectivity index is 1.70. The molecule has 0 spiro atoms. The van der Waals surface area contributed by atoms with E-state index >= 15 is 0 Å². The molecule has 2 aromatic rings. The number of benzene rings is 1. The molecule has 0 saturated heterocycles. The van der Waals surface area contributed by atoms with Crippen molar-refractivity contribution >= 4 is 6.08 Å². The van der Waals surface area contributed by atoms with Gasteiger partial charge in [-0.15, -0.1) is 0 Å². The van der Waals surface area contributed by atoms with Crippen molar-refractivity contribution in [1.29, 1.82) is 0 Å². The van der Waals surface area contributed by atoms with Crippen molar-refractivity contribution in [2.24, 2.45) is 4.99 Å². The highest BCUT2D eigenvalue weighted by molar-refractivity contribution is 5.42. The van der Waals surface area contributed by atoms with E-state index in [1.807, 2.05) is 0 Å². The van der Waals surface area contributed by atoms with Gasteiger partial charge in [0.1, 0.15) is 5.49 Å². The van der Waals surface area contributed by atoms with Gasteiger partial charge in [-0.25, -0.2) is 0 Å². The van der Waals surface area contributed by atoms with Crippen LogP contribution in [0.3, 0.4) is 0 Å². The van der Waals surface area contributed by atoms with Crippen LogP contribution in [0.25, 0.3) is 6.08 Å². The molecule has 0 amide bonds. The summed E-state index contributed by atoms with van der Waals surface area (Å²) >= 11 is 0. The van der Waals surface area contributed by atoms with E-state index in [0.717, 1.165) is 29.7 Å². The fraction of sp³-hybridized carbons (Fsp3) is 0.350. The number of H-pyrrole nitrogens is 1. The molecule has 0 fully saturated rings. The molecule has 0 unspecified atom stereocenters. The predicted octanol–water partition coefficient (Wildman–Crippen LogP) is 2.95. The van der Waals surface area contributed by atoms with Gasteiger partial charge in [-0.1, -0.05) is 43.9 Å². The Morgan fingerprint density at radius 2 is 2.00 bits per heavy atom. The maximum absolute atomic E-state index is 4.46. The first-order valence-electron chi connectivity index (χ1n) is 8.20. The number of aryl methyl sites for hydroxylation is 1. The third-order valence-electron chi connectivity index (χ3n) is 3.95. The minimum atomic E-state index is 0.875. The third kappa shape index (κ3) is 3.68. The van der Waals surface area contributed by atoms with Crippen molar-refractivity contribution in [3.8, 4) is 11.8 Å². The van der Waals surface area contributed by atoms with Crippen molar-refractivity contribution in [3.63, 3.8) is 0 Å². The summed E-state index contributed by atoms with van der Waals surface area (Å²) in [5.74, 6) is 6.43. The Labute approximate surface area is 132 Å². The van der Waals surface area contributed by atoms with Gasteiger partial charge in [0.05, 0.1) is 5.69 Å². The smallest absolute Gasteiger partial charge is 0.132 e. The van der Waals surface area contributed by atoms with E-state index in [2.05, 4.69) is 65.1 Å². The molecule has 1 aromatic carbocycles. The molecule has 2 heteroatoms. The molecular weight excluding hydrogens is 268 g/mol. The lowest BCUT2D eigenvalue weighted by Gasteiger charge is -2.00. The normalized spacial score (nSPS) is 12.6. The lowest BCUT2D eigenvalue weighted by atomic mass is 10.1. The summed E-state index contributed by atoms with van der Waals surface area (Å²) in [6, 6.07) is 10.7. The van der Waals surface area contributed by atoms with Gasteiger partial charge in [0.15, 0.2) is 0 Å². The van der Waals surface area contributed by atoms with Crippen molar-refractivity contribution in [3.05, 3.63) is 57.9 Å². The summed E-state index contributed by atoms with van der Waals surface area (Å²) < 4.78 is 0. The van der Waals surface area contributed by atoms with Crippen LogP contribution in [0.2, 0.25) is 0 Å². The zero-order chi connectivity index (χ0) is 15.2. The average molecular weight is 290 g/mol. The summed E-state index contributed by atoms with van der Waals surface area (Å²) in [7, 11) is 0. The topological polar surface area (TPSA) is 28.1 Å². The predicted molar refractivity (Wildman–Crippen MR) is 91.2 cm³/mol. The van der Waals surface area contributed by atoms with Gasteiger partial charge >= 0.3 is 0 Å². The van der Waals surface area contributed by atoms with Crippen molar-refractivity contribution < 1.29 is 0 Å². The van der Waals surface area contributed by atoms with Crippen molar-refractivity contribution in [1.82, 2.24) is 4.98 Å². The zero-order valence-electron chi connectivity index (χ0n) is 13.2. The summed E-state index contributed by atoms with van der Waals surface area (Å²) in [6.07, 6.45) is 8.26. The summed E-state index contributed by atoms with van der Waals surface area (Å²) in [4.78, 5) is 7.74. The molecule has 0 atom stereocenters. The fourth-order valence-corrected chi connectivity index (χ4v) is 2.68. The Morgan fingerprint density at radius 3 is 2.77 bits per heavy atom. The van der Waals surface area contributed by atoms with Crippen LogP contribution in [0.4, 0.5) is 0 Å². The van der Waals surface area contributed by atoms with Crippen LogP contribution < -0.4 is 10.7 Å². The molecule has 1 N–H and O–H groups in total. The number of unbranched alkanes of at least 4 members (excludes halogenated alkanes) is 2. The van der Waals surface area contributed by atoms with Crippen molar-refractivity contribution in [2.45, 2.75) is 39.0 Å². The van der Waals surface area contributed by atoms with Gasteiger partial charge in [-0.2, -0.15) is 0 Å². The number of nitrogens with one attached hydrogen (secondary N) is 1. The molecule has 2 heterocycles. The minimum absolute atomic E-state index is 0.875. The molecule has 112 valence electrons. The van der Waals surface area contributed by atoms with Crippen LogP contribution in [-0.2, 0) is 6.42 Å². The van der Waals surface area contributed by atoms with Crippen LogP contribution in [-0.4, -0.2) is 11.5 Å². The molecule has 1 aliphatic rings. The highest BCUT2D eigenvalue weighted by Gasteiger charge is 1.98. The standard InChI is InChI=1S/C20H22N2/c1-2-3-4-6-16-8-10-17(11-9-16)12-13-19-15-18-7-5-14-21-20(18)22-19/h7-11,15H,2-6,14H2,1H3,(H,21,22). The fourth-order valence-electron chi connectivity index (χ4n) is 2.68. The Bertz CT molecular complexity index is 765. The van der Waals surface area contributed by atoms with Gasteiger partial charge in [-0.05, 0) is 48.9 Å². The second-order valence-corrected chi connectivity index (χ2v) is 5.77. The van der Waals surface area contributed by atoms with E-state index in [1.54, 1.807) is 0 Å². The van der Waals surface area contributed by atoms with E-state index in [0.29, 0.717) is 0 Å². The second-order valence-electron chi connectivity index (χ2n) is 5.77. The number of fused-ring (bicyclic) bond motifs is 1. The molecule has 1 aliphatic heterocycles. The first-order valence-corrected chi connectivity index (χ1v) is 8.20. The summed E-state index contributed by atoms with van der Waals surface area (Å²) in [6.45, 7) is 3.11. The Morgan fingerprint density at radius 1 is 1.14 bits per heavy atom. The number of aromatic amines is 1. The average Bonchev–Trinajstić information content (AvgIpc) is 2.97. The van der Waals surface area contributed by atoms with Gasteiger partial charge in [0, 0.05) is 17.3 Å². The maximum atomic E-state index is 4.46. The van der Waals surface area contributed by atoms with Crippen LogP contribution in [0, 0.1) is 11.8 Å². The van der Waals surface area contributed by atoms with Gasteiger partial charge < -0.3 is 4.98 Å². The summed E-state index contributed by atoms with van der Waals surface area (Å²) in [5, 5.41) is 1.18. The highest BCUT2D eigenvalue weighted by Crippen LogP contribution is 2.08. The number of hydrogen-bond acceptors (Lipinski definition) is 1. The van der Waals surface area contributed by atoms with E-state index < -0.39 is 0 Å². The molecule has 3 rings (SSSR count).